The van der Waals surface area contributed by atoms with E-state index in [0.29, 0.717) is 17.7 Å². The van der Waals surface area contributed by atoms with Gasteiger partial charge in [0, 0.05) is 12.0 Å². The molecule has 1 nitrogen and oxygen atoms in total. The van der Waals surface area contributed by atoms with Crippen LogP contribution in [-0.4, -0.2) is 6.54 Å². The van der Waals surface area contributed by atoms with Gasteiger partial charge in [-0.2, -0.15) is 0 Å². The molecule has 0 amide bonds. The molecule has 0 radical (unpaired) electrons. The lowest BCUT2D eigenvalue weighted by Gasteiger charge is -2.41. The summed E-state index contributed by atoms with van der Waals surface area (Å²) in [7, 11) is 0. The molecular formula is C12H15F2N. The Morgan fingerprint density at radius 3 is 2.40 bits per heavy atom. The zero-order valence-electron chi connectivity index (χ0n) is 8.82. The monoisotopic (exact) mass is 211 g/mol. The average molecular weight is 211 g/mol. The highest BCUT2D eigenvalue weighted by atomic mass is 19.1. The predicted molar refractivity (Wildman–Crippen MR) is 55.7 cm³/mol. The van der Waals surface area contributed by atoms with Crippen LogP contribution in [0.4, 0.5) is 8.78 Å². The van der Waals surface area contributed by atoms with Crippen molar-refractivity contribution in [2.45, 2.75) is 31.6 Å². The number of aryl methyl sites for hydroxylation is 1. The molecule has 0 spiro atoms. The number of hydrogen-bond donors (Lipinski definition) is 1. The minimum Gasteiger partial charge on any atom is -0.330 e. The summed E-state index contributed by atoms with van der Waals surface area (Å²) in [6, 6.07) is 2.58. The molecule has 1 aromatic rings. The Bertz CT molecular complexity index is 378. The Balaban J connectivity index is 2.47. The van der Waals surface area contributed by atoms with Crippen molar-refractivity contribution >= 4 is 0 Å². The summed E-state index contributed by atoms with van der Waals surface area (Å²) in [6.45, 7) is 1.96. The van der Waals surface area contributed by atoms with Gasteiger partial charge in [-0.3, -0.25) is 0 Å². The molecule has 1 saturated carbocycles. The van der Waals surface area contributed by atoms with Gasteiger partial charge in [0.25, 0.3) is 0 Å². The first-order chi connectivity index (χ1) is 7.09. The normalized spacial score (nSPS) is 18.7. The first-order valence-corrected chi connectivity index (χ1v) is 5.25. The fourth-order valence-corrected chi connectivity index (χ4v) is 2.24. The lowest BCUT2D eigenvalue weighted by Crippen LogP contribution is -2.42. The molecule has 0 saturated heterocycles. The van der Waals surface area contributed by atoms with Crippen LogP contribution in [0.2, 0.25) is 0 Å². The standard InChI is InChI=1S/C12H15F2N/c1-8-5-11(14)9(6-10(8)13)12(7-15)3-2-4-12/h5-6H,2-4,7,15H2,1H3. The highest BCUT2D eigenvalue weighted by Gasteiger charge is 2.39. The van der Waals surface area contributed by atoms with Crippen LogP contribution < -0.4 is 5.73 Å². The van der Waals surface area contributed by atoms with Crippen LogP contribution in [0, 0.1) is 18.6 Å². The van der Waals surface area contributed by atoms with Crippen LogP contribution in [0.1, 0.15) is 30.4 Å². The van der Waals surface area contributed by atoms with Crippen molar-refractivity contribution in [3.8, 4) is 0 Å². The van der Waals surface area contributed by atoms with Crippen molar-refractivity contribution in [3.63, 3.8) is 0 Å². The zero-order chi connectivity index (χ0) is 11.1. The van der Waals surface area contributed by atoms with E-state index in [0.717, 1.165) is 19.3 Å². The van der Waals surface area contributed by atoms with Gasteiger partial charge < -0.3 is 5.73 Å². The molecule has 0 atom stereocenters. The number of nitrogens with two attached hydrogens (primary N) is 1. The van der Waals surface area contributed by atoms with E-state index < -0.39 is 0 Å². The van der Waals surface area contributed by atoms with Gasteiger partial charge in [0.15, 0.2) is 0 Å². The molecular weight excluding hydrogens is 196 g/mol. The van der Waals surface area contributed by atoms with Crippen molar-refractivity contribution in [1.82, 2.24) is 0 Å². The molecule has 0 aromatic heterocycles. The summed E-state index contributed by atoms with van der Waals surface area (Å²) in [5.74, 6) is -0.662. The fourth-order valence-electron chi connectivity index (χ4n) is 2.24. The molecule has 0 heterocycles. The number of halogens is 2. The minimum absolute atomic E-state index is 0.307. The van der Waals surface area contributed by atoms with Crippen molar-refractivity contribution < 1.29 is 8.78 Å². The second kappa shape index (κ2) is 3.56. The fraction of sp³-hybridized carbons (Fsp3) is 0.500. The zero-order valence-corrected chi connectivity index (χ0v) is 8.82. The largest absolute Gasteiger partial charge is 0.330 e. The van der Waals surface area contributed by atoms with E-state index >= 15 is 0 Å². The summed E-state index contributed by atoms with van der Waals surface area (Å²) in [5.41, 5.74) is 6.17. The molecule has 2 N–H and O–H groups in total. The van der Waals surface area contributed by atoms with E-state index in [1.807, 2.05) is 0 Å². The first kappa shape index (κ1) is 10.6. The topological polar surface area (TPSA) is 26.0 Å². The van der Waals surface area contributed by atoms with E-state index in [4.69, 9.17) is 5.73 Å². The molecule has 1 fully saturated rings. The van der Waals surface area contributed by atoms with Gasteiger partial charge in [0.1, 0.15) is 11.6 Å². The smallest absolute Gasteiger partial charge is 0.127 e. The number of hydrogen-bond acceptors (Lipinski definition) is 1. The first-order valence-electron chi connectivity index (χ1n) is 5.25. The number of rotatable bonds is 2. The Kier molecular flexibility index (Phi) is 2.51. The molecule has 1 aliphatic carbocycles. The maximum atomic E-state index is 13.7. The van der Waals surface area contributed by atoms with E-state index in [9.17, 15) is 8.78 Å². The molecule has 1 aromatic carbocycles. The molecule has 2 rings (SSSR count). The van der Waals surface area contributed by atoms with Crippen molar-refractivity contribution in [2.75, 3.05) is 6.54 Å². The average Bonchev–Trinajstić information content (AvgIpc) is 2.12. The van der Waals surface area contributed by atoms with E-state index in [2.05, 4.69) is 0 Å². The van der Waals surface area contributed by atoms with Gasteiger partial charge in [0.05, 0.1) is 0 Å². The van der Waals surface area contributed by atoms with Gasteiger partial charge in [-0.15, -0.1) is 0 Å². The Morgan fingerprint density at radius 2 is 1.93 bits per heavy atom. The third kappa shape index (κ3) is 1.55. The SMILES string of the molecule is Cc1cc(F)c(C2(CN)CCC2)cc1F. The summed E-state index contributed by atoms with van der Waals surface area (Å²) in [6.07, 6.45) is 2.78. The highest BCUT2D eigenvalue weighted by molar-refractivity contribution is 5.33. The van der Waals surface area contributed by atoms with Crippen LogP contribution in [0.5, 0.6) is 0 Å². The third-order valence-corrected chi connectivity index (χ3v) is 3.52. The van der Waals surface area contributed by atoms with Gasteiger partial charge in [-0.1, -0.05) is 6.42 Å². The van der Waals surface area contributed by atoms with Crippen molar-refractivity contribution in [2.24, 2.45) is 5.73 Å². The quantitative estimate of drug-likeness (QED) is 0.799. The van der Waals surface area contributed by atoms with Crippen LogP contribution in [0.15, 0.2) is 12.1 Å². The minimum atomic E-state index is -0.342. The van der Waals surface area contributed by atoms with Gasteiger partial charge in [0.2, 0.25) is 0 Å². The summed E-state index contributed by atoms with van der Waals surface area (Å²) >= 11 is 0. The Morgan fingerprint density at radius 1 is 1.27 bits per heavy atom. The molecule has 0 unspecified atom stereocenters. The van der Waals surface area contributed by atoms with E-state index in [1.54, 1.807) is 6.92 Å². The van der Waals surface area contributed by atoms with Gasteiger partial charge >= 0.3 is 0 Å². The summed E-state index contributed by atoms with van der Waals surface area (Å²) in [5, 5.41) is 0. The molecule has 15 heavy (non-hydrogen) atoms. The summed E-state index contributed by atoms with van der Waals surface area (Å²) < 4.78 is 27.1. The second-order valence-electron chi connectivity index (χ2n) is 4.42. The predicted octanol–water partition coefficient (Wildman–Crippen LogP) is 2.65. The number of benzene rings is 1. The molecule has 0 aliphatic heterocycles. The van der Waals surface area contributed by atoms with Gasteiger partial charge in [-0.05, 0) is 43.0 Å². The van der Waals surface area contributed by atoms with Crippen molar-refractivity contribution in [1.29, 1.82) is 0 Å². The van der Waals surface area contributed by atoms with Crippen LogP contribution in [0.25, 0.3) is 0 Å². The molecule has 1 aliphatic rings. The molecule has 82 valence electrons. The van der Waals surface area contributed by atoms with Gasteiger partial charge in [-0.25, -0.2) is 8.78 Å². The van der Waals surface area contributed by atoms with E-state index in [-0.39, 0.29) is 17.0 Å². The highest BCUT2D eigenvalue weighted by Crippen LogP contribution is 2.44. The van der Waals surface area contributed by atoms with Crippen LogP contribution in [-0.2, 0) is 5.41 Å². The maximum absolute atomic E-state index is 13.7. The molecule has 0 bridgehead atoms. The van der Waals surface area contributed by atoms with Crippen LogP contribution in [0.3, 0.4) is 0 Å². The Labute approximate surface area is 88.3 Å². The van der Waals surface area contributed by atoms with Crippen LogP contribution >= 0.6 is 0 Å². The molecule has 3 heteroatoms. The maximum Gasteiger partial charge on any atom is 0.127 e. The lowest BCUT2D eigenvalue weighted by atomic mass is 9.64. The summed E-state index contributed by atoms with van der Waals surface area (Å²) in [4.78, 5) is 0. The lowest BCUT2D eigenvalue weighted by molar-refractivity contribution is 0.243. The van der Waals surface area contributed by atoms with E-state index in [1.165, 1.54) is 12.1 Å². The Hall–Kier alpha value is -0.960. The second-order valence-corrected chi connectivity index (χ2v) is 4.42. The van der Waals surface area contributed by atoms with Crippen molar-refractivity contribution in [3.05, 3.63) is 34.9 Å². The third-order valence-electron chi connectivity index (χ3n) is 3.52.